The van der Waals surface area contributed by atoms with Crippen LogP contribution in [0.3, 0.4) is 0 Å². The molecule has 2 N–H and O–H groups in total. The summed E-state index contributed by atoms with van der Waals surface area (Å²) in [4.78, 5) is 18.1. The van der Waals surface area contributed by atoms with Gasteiger partial charge in [-0.2, -0.15) is 0 Å². The molecule has 1 aromatic heterocycles. The molecule has 0 unspecified atom stereocenters. The van der Waals surface area contributed by atoms with E-state index in [1.165, 1.54) is 11.3 Å². The second-order valence-electron chi connectivity index (χ2n) is 4.33. The Hall–Kier alpha value is -0.850. The summed E-state index contributed by atoms with van der Waals surface area (Å²) in [5, 5.41) is 13.3. The van der Waals surface area contributed by atoms with Crippen molar-refractivity contribution in [3.05, 3.63) is 10.0 Å². The number of halogens is 1. The highest BCUT2D eigenvalue weighted by Crippen LogP contribution is 2.31. The molecule has 7 heteroatoms. The van der Waals surface area contributed by atoms with E-state index in [-0.39, 0.29) is 18.6 Å². The Balaban J connectivity index is 1.94. The molecule has 1 aliphatic rings. The van der Waals surface area contributed by atoms with E-state index in [0.717, 1.165) is 31.1 Å². The number of anilines is 1. The first kappa shape index (κ1) is 13.6. The van der Waals surface area contributed by atoms with Crippen LogP contribution in [0.15, 0.2) is 0 Å². The minimum atomic E-state index is -0.0706. The van der Waals surface area contributed by atoms with Gasteiger partial charge in [0, 0.05) is 26.1 Å². The van der Waals surface area contributed by atoms with E-state index in [1.54, 1.807) is 6.92 Å². The molecule has 0 saturated carbocycles. The summed E-state index contributed by atoms with van der Waals surface area (Å²) in [6.45, 7) is 3.17. The number of carbonyl (C=O) groups is 1. The van der Waals surface area contributed by atoms with Crippen LogP contribution in [0.2, 0.25) is 5.15 Å². The average Bonchev–Trinajstić information content (AvgIpc) is 2.71. The summed E-state index contributed by atoms with van der Waals surface area (Å²) in [6, 6.07) is 0.256. The highest BCUT2D eigenvalue weighted by molar-refractivity contribution is 7.16. The number of aliphatic hydroxyl groups is 1. The molecule has 0 radical (unpaired) electrons. The lowest BCUT2D eigenvalue weighted by Crippen LogP contribution is -2.44. The molecule has 2 rings (SSSR count). The Morgan fingerprint density at radius 1 is 1.61 bits per heavy atom. The number of nitrogens with zero attached hydrogens (tertiary/aromatic N) is 2. The lowest BCUT2D eigenvalue weighted by atomic mass is 10.1. The van der Waals surface area contributed by atoms with E-state index in [2.05, 4.69) is 15.2 Å². The number of thiazole rings is 1. The van der Waals surface area contributed by atoms with Gasteiger partial charge in [0.25, 0.3) is 0 Å². The number of aromatic nitrogens is 1. The third-order valence-electron chi connectivity index (χ3n) is 2.95. The van der Waals surface area contributed by atoms with Crippen LogP contribution in [-0.4, -0.2) is 35.1 Å². The SMILES string of the molecule is CC(=O)NC1CCN(c2nc(Cl)c(CO)s2)CC1. The van der Waals surface area contributed by atoms with Crippen LogP contribution in [0.25, 0.3) is 0 Å². The fraction of sp³-hybridized carbons (Fsp3) is 0.636. The van der Waals surface area contributed by atoms with Crippen molar-refractivity contribution in [3.8, 4) is 0 Å². The van der Waals surface area contributed by atoms with Crippen LogP contribution < -0.4 is 10.2 Å². The summed E-state index contributed by atoms with van der Waals surface area (Å²) in [7, 11) is 0. The zero-order chi connectivity index (χ0) is 13.1. The number of carbonyl (C=O) groups excluding carboxylic acids is 1. The molecule has 100 valence electrons. The molecule has 0 aromatic carbocycles. The molecular weight excluding hydrogens is 274 g/mol. The molecule has 0 aliphatic carbocycles. The van der Waals surface area contributed by atoms with Crippen molar-refractivity contribution in [2.24, 2.45) is 0 Å². The minimum absolute atomic E-state index is 0.0216. The van der Waals surface area contributed by atoms with Gasteiger partial charge < -0.3 is 15.3 Å². The minimum Gasteiger partial charge on any atom is -0.391 e. The van der Waals surface area contributed by atoms with Crippen LogP contribution in [0.4, 0.5) is 5.13 Å². The molecule has 1 saturated heterocycles. The molecule has 2 heterocycles. The number of piperidine rings is 1. The van der Waals surface area contributed by atoms with Crippen LogP contribution in [0.1, 0.15) is 24.6 Å². The second kappa shape index (κ2) is 5.86. The maximum atomic E-state index is 11.0. The number of nitrogens with one attached hydrogen (secondary N) is 1. The van der Waals surface area contributed by atoms with Gasteiger partial charge in [0.15, 0.2) is 5.13 Å². The van der Waals surface area contributed by atoms with Gasteiger partial charge in [-0.05, 0) is 12.8 Å². The first-order chi connectivity index (χ1) is 8.60. The second-order valence-corrected chi connectivity index (χ2v) is 5.75. The number of hydrogen-bond donors (Lipinski definition) is 2. The van der Waals surface area contributed by atoms with Gasteiger partial charge in [0.1, 0.15) is 5.15 Å². The maximum absolute atomic E-state index is 11.0. The lowest BCUT2D eigenvalue weighted by Gasteiger charge is -2.31. The monoisotopic (exact) mass is 289 g/mol. The van der Waals surface area contributed by atoms with E-state index < -0.39 is 0 Å². The van der Waals surface area contributed by atoms with Gasteiger partial charge in [-0.15, -0.1) is 0 Å². The Morgan fingerprint density at radius 2 is 2.28 bits per heavy atom. The van der Waals surface area contributed by atoms with Crippen molar-refractivity contribution in [3.63, 3.8) is 0 Å². The zero-order valence-corrected chi connectivity index (χ0v) is 11.7. The molecule has 1 fully saturated rings. The predicted octanol–water partition coefficient (Wildman–Crippen LogP) is 1.39. The Morgan fingerprint density at radius 3 is 2.78 bits per heavy atom. The Bertz CT molecular complexity index is 430. The smallest absolute Gasteiger partial charge is 0.217 e. The highest BCUT2D eigenvalue weighted by atomic mass is 35.5. The van der Waals surface area contributed by atoms with Crippen molar-refractivity contribution >= 4 is 34.0 Å². The quantitative estimate of drug-likeness (QED) is 0.883. The van der Waals surface area contributed by atoms with Gasteiger partial charge >= 0.3 is 0 Å². The molecule has 1 aliphatic heterocycles. The van der Waals surface area contributed by atoms with Crippen LogP contribution >= 0.6 is 22.9 Å². The van der Waals surface area contributed by atoms with E-state index >= 15 is 0 Å². The summed E-state index contributed by atoms with van der Waals surface area (Å²) < 4.78 is 0. The van der Waals surface area contributed by atoms with Crippen LogP contribution in [0, 0.1) is 0 Å². The predicted molar refractivity (Wildman–Crippen MR) is 72.1 cm³/mol. The molecule has 1 amide bonds. The van der Waals surface area contributed by atoms with Crippen molar-refractivity contribution in [2.45, 2.75) is 32.4 Å². The largest absolute Gasteiger partial charge is 0.391 e. The van der Waals surface area contributed by atoms with Crippen molar-refractivity contribution < 1.29 is 9.90 Å². The van der Waals surface area contributed by atoms with Gasteiger partial charge in [-0.25, -0.2) is 4.98 Å². The summed E-state index contributed by atoms with van der Waals surface area (Å²) >= 11 is 7.34. The normalized spacial score (nSPS) is 16.9. The third-order valence-corrected chi connectivity index (χ3v) is 4.48. The third kappa shape index (κ3) is 3.13. The van der Waals surface area contributed by atoms with Crippen LogP contribution in [-0.2, 0) is 11.4 Å². The van der Waals surface area contributed by atoms with Crippen molar-refractivity contribution in [1.29, 1.82) is 0 Å². The van der Waals surface area contributed by atoms with Gasteiger partial charge in [-0.3, -0.25) is 4.79 Å². The first-order valence-electron chi connectivity index (χ1n) is 5.88. The molecule has 5 nitrogen and oxygen atoms in total. The van der Waals surface area contributed by atoms with Gasteiger partial charge in [0.2, 0.25) is 5.91 Å². The van der Waals surface area contributed by atoms with E-state index in [1.807, 2.05) is 0 Å². The number of hydrogen-bond acceptors (Lipinski definition) is 5. The number of rotatable bonds is 3. The fourth-order valence-electron chi connectivity index (χ4n) is 2.06. The standard InChI is InChI=1S/C11H16ClN3O2S/c1-7(17)13-8-2-4-15(5-3-8)11-14-10(12)9(6-16)18-11/h8,16H,2-6H2,1H3,(H,13,17). The Labute approximate surface area is 115 Å². The zero-order valence-electron chi connectivity index (χ0n) is 10.1. The number of amides is 1. The summed E-state index contributed by atoms with van der Waals surface area (Å²) in [5.41, 5.74) is 0. The van der Waals surface area contributed by atoms with Crippen molar-refractivity contribution in [2.75, 3.05) is 18.0 Å². The molecule has 18 heavy (non-hydrogen) atoms. The fourth-order valence-corrected chi connectivity index (χ4v) is 3.23. The van der Waals surface area contributed by atoms with E-state index in [4.69, 9.17) is 16.7 Å². The number of aliphatic hydroxyl groups excluding tert-OH is 1. The molecule has 1 aromatic rings. The average molecular weight is 290 g/mol. The highest BCUT2D eigenvalue weighted by Gasteiger charge is 2.22. The molecule has 0 atom stereocenters. The van der Waals surface area contributed by atoms with Crippen LogP contribution in [0.5, 0.6) is 0 Å². The van der Waals surface area contributed by atoms with Crippen molar-refractivity contribution in [1.82, 2.24) is 10.3 Å². The summed E-state index contributed by atoms with van der Waals surface area (Å²) in [6.07, 6.45) is 1.82. The van der Waals surface area contributed by atoms with E-state index in [0.29, 0.717) is 10.0 Å². The molecule has 0 bridgehead atoms. The van der Waals surface area contributed by atoms with Gasteiger partial charge in [-0.1, -0.05) is 22.9 Å². The maximum Gasteiger partial charge on any atom is 0.217 e. The molecule has 0 spiro atoms. The topological polar surface area (TPSA) is 65.5 Å². The molecular formula is C11H16ClN3O2S. The lowest BCUT2D eigenvalue weighted by molar-refractivity contribution is -0.119. The van der Waals surface area contributed by atoms with E-state index in [9.17, 15) is 4.79 Å². The summed E-state index contributed by atoms with van der Waals surface area (Å²) in [5.74, 6) is 0.0216. The van der Waals surface area contributed by atoms with Gasteiger partial charge in [0.05, 0.1) is 11.5 Å². The Kier molecular flexibility index (Phi) is 4.42. The first-order valence-corrected chi connectivity index (χ1v) is 7.07.